The fourth-order valence-electron chi connectivity index (χ4n) is 3.90. The van der Waals surface area contributed by atoms with Crippen molar-refractivity contribution in [2.75, 3.05) is 6.54 Å². The Bertz CT molecular complexity index is 1010. The fourth-order valence-corrected chi connectivity index (χ4v) is 4.10. The number of Topliss-reactive ketones (excluding diaryl/α,β-unsaturated/α-hetero) is 2. The molecule has 1 heterocycles. The molecule has 3 rings (SSSR count). The van der Waals surface area contributed by atoms with Gasteiger partial charge in [-0.2, -0.15) is 0 Å². The number of ketones is 2. The molecular formula is C23H24BrN3O3. The second kappa shape index (κ2) is 9.00. The molecule has 2 atom stereocenters. The minimum absolute atomic E-state index is 0.0251. The molecule has 1 aliphatic carbocycles. The van der Waals surface area contributed by atoms with Crippen LogP contribution in [0.1, 0.15) is 42.4 Å². The molecule has 0 spiro atoms. The van der Waals surface area contributed by atoms with Crippen molar-refractivity contribution in [3.8, 4) is 11.4 Å². The minimum Gasteiger partial charge on any atom is -0.352 e. The number of halogens is 1. The van der Waals surface area contributed by atoms with Crippen LogP contribution in [-0.2, 0) is 14.4 Å². The molecule has 7 heteroatoms. The van der Waals surface area contributed by atoms with Gasteiger partial charge in [-0.15, -0.1) is 0 Å². The van der Waals surface area contributed by atoms with E-state index in [0.717, 1.165) is 32.3 Å². The summed E-state index contributed by atoms with van der Waals surface area (Å²) in [4.78, 5) is 46.5. The monoisotopic (exact) mass is 469 g/mol. The van der Waals surface area contributed by atoms with Gasteiger partial charge in [-0.1, -0.05) is 12.2 Å². The van der Waals surface area contributed by atoms with Gasteiger partial charge in [-0.3, -0.25) is 14.4 Å². The van der Waals surface area contributed by atoms with Crippen LogP contribution in [0.2, 0.25) is 0 Å². The highest BCUT2D eigenvalue weighted by molar-refractivity contribution is 9.10. The van der Waals surface area contributed by atoms with E-state index in [0.29, 0.717) is 12.4 Å². The van der Waals surface area contributed by atoms with Crippen molar-refractivity contribution in [3.05, 3.63) is 57.8 Å². The van der Waals surface area contributed by atoms with E-state index in [1.807, 2.05) is 32.9 Å². The first-order chi connectivity index (χ1) is 14.2. The maximum absolute atomic E-state index is 13.0. The SMILES string of the molecule is C=C(C)CNC(=O)CC1CC(=O)C(c2c(C)cc(-c3ncc(Br)cn3)cc2C)C1=O. The van der Waals surface area contributed by atoms with Crippen LogP contribution in [0, 0.1) is 19.8 Å². The second-order valence-electron chi connectivity index (χ2n) is 7.89. The number of hydrogen-bond donors (Lipinski definition) is 1. The summed E-state index contributed by atoms with van der Waals surface area (Å²) in [7, 11) is 0. The van der Waals surface area contributed by atoms with Gasteiger partial charge in [-0.25, -0.2) is 9.97 Å². The van der Waals surface area contributed by atoms with Crippen molar-refractivity contribution in [3.63, 3.8) is 0 Å². The number of benzene rings is 1. The first kappa shape index (κ1) is 22.0. The van der Waals surface area contributed by atoms with E-state index >= 15 is 0 Å². The van der Waals surface area contributed by atoms with Crippen LogP contribution in [0.15, 0.2) is 41.2 Å². The van der Waals surface area contributed by atoms with E-state index in [1.165, 1.54) is 0 Å². The van der Waals surface area contributed by atoms with Gasteiger partial charge in [0.15, 0.2) is 11.6 Å². The topological polar surface area (TPSA) is 89.0 Å². The Labute approximate surface area is 184 Å². The van der Waals surface area contributed by atoms with Crippen molar-refractivity contribution < 1.29 is 14.4 Å². The largest absolute Gasteiger partial charge is 0.352 e. The van der Waals surface area contributed by atoms with Gasteiger partial charge in [0.25, 0.3) is 0 Å². The van der Waals surface area contributed by atoms with Gasteiger partial charge in [0.1, 0.15) is 11.7 Å². The van der Waals surface area contributed by atoms with Crippen molar-refractivity contribution in [2.45, 2.75) is 39.5 Å². The van der Waals surface area contributed by atoms with Crippen LogP contribution in [0.4, 0.5) is 0 Å². The van der Waals surface area contributed by atoms with Crippen LogP contribution in [0.5, 0.6) is 0 Å². The first-order valence-corrected chi connectivity index (χ1v) is 10.5. The van der Waals surface area contributed by atoms with E-state index in [1.54, 1.807) is 12.4 Å². The zero-order chi connectivity index (χ0) is 22.0. The molecule has 0 saturated heterocycles. The maximum atomic E-state index is 13.0. The lowest BCUT2D eigenvalue weighted by atomic mass is 9.86. The summed E-state index contributed by atoms with van der Waals surface area (Å²) in [5, 5.41) is 2.73. The zero-order valence-corrected chi connectivity index (χ0v) is 18.9. The number of rotatable bonds is 6. The minimum atomic E-state index is -0.816. The van der Waals surface area contributed by atoms with Crippen molar-refractivity contribution in [1.82, 2.24) is 15.3 Å². The number of carbonyl (C=O) groups excluding carboxylic acids is 3. The molecule has 1 amide bonds. The van der Waals surface area contributed by atoms with Gasteiger partial charge < -0.3 is 5.32 Å². The highest BCUT2D eigenvalue weighted by Gasteiger charge is 2.43. The van der Waals surface area contributed by atoms with Gasteiger partial charge in [0.2, 0.25) is 5.91 Å². The number of hydrogen-bond acceptors (Lipinski definition) is 5. The number of nitrogens with one attached hydrogen (secondary N) is 1. The lowest BCUT2D eigenvalue weighted by molar-refractivity contribution is -0.128. The van der Waals surface area contributed by atoms with Gasteiger partial charge in [-0.05, 0) is 65.5 Å². The standard InChI is InChI=1S/C23H24BrN3O3/c1-12(2)9-25-19(29)8-15-7-18(28)21(22(15)30)20-13(3)5-16(6-14(20)4)23-26-10-17(24)11-27-23/h5-6,10-11,15,21H,1,7-9H2,2-4H3,(H,25,29). The predicted molar refractivity (Wildman–Crippen MR) is 118 cm³/mol. The molecular weight excluding hydrogens is 446 g/mol. The van der Waals surface area contributed by atoms with E-state index < -0.39 is 11.8 Å². The quantitative estimate of drug-likeness (QED) is 0.512. The van der Waals surface area contributed by atoms with Crippen LogP contribution >= 0.6 is 15.9 Å². The fraction of sp³-hybridized carbons (Fsp3) is 0.348. The summed E-state index contributed by atoms with van der Waals surface area (Å²) < 4.78 is 0.789. The Hall–Kier alpha value is -2.67. The zero-order valence-electron chi connectivity index (χ0n) is 17.3. The first-order valence-electron chi connectivity index (χ1n) is 9.74. The highest BCUT2D eigenvalue weighted by Crippen LogP contribution is 2.38. The molecule has 0 aliphatic heterocycles. The predicted octanol–water partition coefficient (Wildman–Crippen LogP) is 3.85. The average Bonchev–Trinajstić information content (AvgIpc) is 2.94. The summed E-state index contributed by atoms with van der Waals surface area (Å²) in [6, 6.07) is 3.80. The Kier molecular flexibility index (Phi) is 6.61. The third-order valence-electron chi connectivity index (χ3n) is 5.24. The molecule has 1 saturated carbocycles. The second-order valence-corrected chi connectivity index (χ2v) is 8.80. The molecule has 0 bridgehead atoms. The summed E-state index contributed by atoms with van der Waals surface area (Å²) in [6.45, 7) is 9.70. The number of nitrogens with zero attached hydrogens (tertiary/aromatic N) is 2. The third-order valence-corrected chi connectivity index (χ3v) is 5.65. The molecule has 1 fully saturated rings. The molecule has 156 valence electrons. The average molecular weight is 470 g/mol. The smallest absolute Gasteiger partial charge is 0.220 e. The maximum Gasteiger partial charge on any atom is 0.220 e. The van der Waals surface area contributed by atoms with Crippen LogP contribution in [0.25, 0.3) is 11.4 Å². The Morgan fingerprint density at radius 1 is 1.20 bits per heavy atom. The van der Waals surface area contributed by atoms with Crippen LogP contribution < -0.4 is 5.32 Å². The molecule has 6 nitrogen and oxygen atoms in total. The van der Waals surface area contributed by atoms with E-state index in [9.17, 15) is 14.4 Å². The molecule has 2 aromatic rings. The van der Waals surface area contributed by atoms with Crippen molar-refractivity contribution >= 4 is 33.4 Å². The number of aryl methyl sites for hydroxylation is 2. The van der Waals surface area contributed by atoms with E-state index in [-0.39, 0.29) is 30.3 Å². The van der Waals surface area contributed by atoms with Gasteiger partial charge in [0.05, 0.1) is 4.47 Å². The van der Waals surface area contributed by atoms with Gasteiger partial charge >= 0.3 is 0 Å². The Morgan fingerprint density at radius 3 is 2.37 bits per heavy atom. The summed E-state index contributed by atoms with van der Waals surface area (Å²) in [5.41, 5.74) is 4.08. The summed E-state index contributed by atoms with van der Waals surface area (Å²) in [6.07, 6.45) is 3.47. The third kappa shape index (κ3) is 4.73. The Morgan fingerprint density at radius 2 is 1.80 bits per heavy atom. The van der Waals surface area contributed by atoms with Gasteiger partial charge in [0, 0.05) is 43.3 Å². The number of carbonyl (C=O) groups is 3. The lowest BCUT2D eigenvalue weighted by Gasteiger charge is -2.17. The Balaban J connectivity index is 1.83. The van der Waals surface area contributed by atoms with E-state index in [2.05, 4.69) is 37.8 Å². The van der Waals surface area contributed by atoms with Crippen LogP contribution in [0.3, 0.4) is 0 Å². The lowest BCUT2D eigenvalue weighted by Crippen LogP contribution is -2.28. The molecule has 0 radical (unpaired) electrons. The van der Waals surface area contributed by atoms with Crippen molar-refractivity contribution in [2.24, 2.45) is 5.92 Å². The number of amides is 1. The molecule has 30 heavy (non-hydrogen) atoms. The molecule has 1 N–H and O–H groups in total. The summed E-state index contributed by atoms with van der Waals surface area (Å²) >= 11 is 3.32. The molecule has 1 aromatic heterocycles. The normalized spacial score (nSPS) is 18.5. The molecule has 1 aliphatic rings. The molecule has 2 unspecified atom stereocenters. The number of aromatic nitrogens is 2. The van der Waals surface area contributed by atoms with Crippen LogP contribution in [-0.4, -0.2) is 34.0 Å². The van der Waals surface area contributed by atoms with Crippen molar-refractivity contribution in [1.29, 1.82) is 0 Å². The highest BCUT2D eigenvalue weighted by atomic mass is 79.9. The van der Waals surface area contributed by atoms with E-state index in [4.69, 9.17) is 0 Å². The summed E-state index contributed by atoms with van der Waals surface area (Å²) in [5.74, 6) is -1.36. The molecule has 1 aromatic carbocycles.